The summed E-state index contributed by atoms with van der Waals surface area (Å²) in [4.78, 5) is 0. The van der Waals surface area contributed by atoms with E-state index in [2.05, 4.69) is 12.1 Å². The van der Waals surface area contributed by atoms with Gasteiger partial charge in [-0.25, -0.2) is 0 Å². The molecule has 4 nitrogen and oxygen atoms in total. The van der Waals surface area contributed by atoms with Crippen LogP contribution in [0.5, 0.6) is 11.5 Å². The predicted molar refractivity (Wildman–Crippen MR) is 113 cm³/mol. The summed E-state index contributed by atoms with van der Waals surface area (Å²) in [5, 5.41) is 19.1. The number of nitriles is 2. The first-order valence-corrected chi connectivity index (χ1v) is 9.19. The molecule has 0 bridgehead atoms. The first-order valence-electron chi connectivity index (χ1n) is 8.81. The van der Waals surface area contributed by atoms with Crippen LogP contribution in [0.4, 0.5) is 0 Å². The lowest BCUT2D eigenvalue weighted by atomic mass is 10.0. The van der Waals surface area contributed by atoms with E-state index in [0.717, 1.165) is 16.7 Å². The van der Waals surface area contributed by atoms with Gasteiger partial charge >= 0.3 is 0 Å². The molecule has 0 N–H and O–H groups in total. The number of halogens is 1. The van der Waals surface area contributed by atoms with Gasteiger partial charge in [-0.1, -0.05) is 48.0 Å². The van der Waals surface area contributed by atoms with Crippen LogP contribution < -0.4 is 9.47 Å². The molecule has 0 aromatic heterocycles. The Hall–Kier alpha value is -3.73. The van der Waals surface area contributed by atoms with E-state index in [9.17, 15) is 5.26 Å². The number of methoxy groups -OCH3 is 1. The molecular weight excluding hydrogens is 384 g/mol. The number of hydrogen-bond acceptors (Lipinski definition) is 4. The lowest BCUT2D eigenvalue weighted by Gasteiger charge is -2.12. The minimum atomic E-state index is 0.319. The van der Waals surface area contributed by atoms with Crippen LogP contribution in [0.2, 0.25) is 5.02 Å². The molecule has 5 heteroatoms. The summed E-state index contributed by atoms with van der Waals surface area (Å²) >= 11 is 6.17. The number of ether oxygens (including phenoxy) is 2. The highest BCUT2D eigenvalue weighted by atomic mass is 35.5. The zero-order valence-electron chi connectivity index (χ0n) is 15.7. The van der Waals surface area contributed by atoms with Gasteiger partial charge in [-0.15, -0.1) is 0 Å². The molecule has 142 valence electrons. The Labute approximate surface area is 174 Å². The highest BCUT2D eigenvalue weighted by Gasteiger charge is 2.08. The molecule has 0 aliphatic heterocycles. The van der Waals surface area contributed by atoms with E-state index in [1.807, 2.05) is 36.4 Å². The van der Waals surface area contributed by atoms with Crippen LogP contribution in [0.3, 0.4) is 0 Å². The lowest BCUT2D eigenvalue weighted by Crippen LogP contribution is -1.98. The first-order chi connectivity index (χ1) is 14.1. The molecule has 3 aromatic carbocycles. The number of benzene rings is 3. The summed E-state index contributed by atoms with van der Waals surface area (Å²) in [5.74, 6) is 1.14. The molecule has 3 aromatic rings. The third kappa shape index (κ3) is 4.96. The minimum Gasteiger partial charge on any atom is -0.493 e. The van der Waals surface area contributed by atoms with Crippen LogP contribution in [0, 0.1) is 22.7 Å². The molecule has 0 heterocycles. The highest BCUT2D eigenvalue weighted by Crippen LogP contribution is 2.31. The van der Waals surface area contributed by atoms with Crippen LogP contribution in [0.25, 0.3) is 11.6 Å². The number of hydrogen-bond donors (Lipinski definition) is 0. The molecule has 0 amide bonds. The van der Waals surface area contributed by atoms with Crippen LogP contribution >= 0.6 is 11.6 Å². The zero-order chi connectivity index (χ0) is 20.6. The van der Waals surface area contributed by atoms with Gasteiger partial charge < -0.3 is 9.47 Å². The minimum absolute atomic E-state index is 0.319. The Morgan fingerprint density at radius 1 is 1.00 bits per heavy atom. The van der Waals surface area contributed by atoms with E-state index in [-0.39, 0.29) is 0 Å². The monoisotopic (exact) mass is 400 g/mol. The number of allylic oxidation sites excluding steroid dienone is 1. The Morgan fingerprint density at radius 3 is 2.41 bits per heavy atom. The summed E-state index contributed by atoms with van der Waals surface area (Å²) in [6, 6.07) is 24.1. The molecule has 0 atom stereocenters. The van der Waals surface area contributed by atoms with Crippen LogP contribution in [0.15, 0.2) is 66.7 Å². The predicted octanol–water partition coefficient (Wildman–Crippen LogP) is 5.86. The number of nitrogens with zero attached hydrogens (tertiary/aromatic N) is 2. The maximum Gasteiger partial charge on any atom is 0.161 e. The van der Waals surface area contributed by atoms with Crippen molar-refractivity contribution in [1.82, 2.24) is 0 Å². The average Bonchev–Trinajstić information content (AvgIpc) is 2.77. The SMILES string of the molecule is COc1cc(/C=C(/C#N)c2ccc(C#N)cc2)ccc1OCc1ccccc1Cl. The first kappa shape index (κ1) is 20.0. The fourth-order valence-electron chi connectivity index (χ4n) is 2.74. The van der Waals surface area contributed by atoms with Crippen molar-refractivity contribution in [2.45, 2.75) is 6.61 Å². The molecule has 0 unspecified atom stereocenters. The quantitative estimate of drug-likeness (QED) is 0.383. The Kier molecular flexibility index (Phi) is 6.53. The van der Waals surface area contributed by atoms with Gasteiger partial charge in [-0.3, -0.25) is 0 Å². The fourth-order valence-corrected chi connectivity index (χ4v) is 2.93. The van der Waals surface area contributed by atoms with Crippen molar-refractivity contribution in [2.24, 2.45) is 0 Å². The van der Waals surface area contributed by atoms with Gasteiger partial charge in [0.15, 0.2) is 11.5 Å². The van der Waals surface area contributed by atoms with Gasteiger partial charge in [-0.2, -0.15) is 10.5 Å². The van der Waals surface area contributed by atoms with Crippen molar-refractivity contribution < 1.29 is 9.47 Å². The largest absolute Gasteiger partial charge is 0.493 e. The van der Waals surface area contributed by atoms with Crippen molar-refractivity contribution in [3.63, 3.8) is 0 Å². The molecule has 0 spiro atoms. The van der Waals surface area contributed by atoms with Crippen LogP contribution in [-0.4, -0.2) is 7.11 Å². The van der Waals surface area contributed by atoms with Crippen LogP contribution in [-0.2, 0) is 6.61 Å². The van der Waals surface area contributed by atoms with E-state index < -0.39 is 0 Å². The molecule has 0 saturated heterocycles. The molecule has 29 heavy (non-hydrogen) atoms. The third-order valence-electron chi connectivity index (χ3n) is 4.29. The normalized spacial score (nSPS) is 10.7. The molecule has 0 aliphatic rings. The second-order valence-electron chi connectivity index (χ2n) is 6.15. The van der Waals surface area contributed by atoms with E-state index in [0.29, 0.717) is 34.3 Å². The van der Waals surface area contributed by atoms with Gasteiger partial charge in [0.1, 0.15) is 6.61 Å². The highest BCUT2D eigenvalue weighted by molar-refractivity contribution is 6.31. The Bertz CT molecular complexity index is 1120. The average molecular weight is 401 g/mol. The van der Waals surface area contributed by atoms with Gasteiger partial charge in [0.25, 0.3) is 0 Å². The van der Waals surface area contributed by atoms with Gasteiger partial charge in [0.2, 0.25) is 0 Å². The maximum atomic E-state index is 9.53. The summed E-state index contributed by atoms with van der Waals surface area (Å²) in [7, 11) is 1.57. The van der Waals surface area contributed by atoms with Gasteiger partial charge in [-0.05, 0) is 47.5 Å². The summed E-state index contributed by atoms with van der Waals surface area (Å²) in [6.45, 7) is 0.319. The zero-order valence-corrected chi connectivity index (χ0v) is 16.5. The van der Waals surface area contributed by atoms with Crippen molar-refractivity contribution in [3.8, 4) is 23.6 Å². The summed E-state index contributed by atoms with van der Waals surface area (Å²) in [5.41, 5.74) is 3.46. The van der Waals surface area contributed by atoms with E-state index in [1.54, 1.807) is 43.5 Å². The van der Waals surface area contributed by atoms with E-state index >= 15 is 0 Å². The topological polar surface area (TPSA) is 66.0 Å². The number of rotatable bonds is 6. The summed E-state index contributed by atoms with van der Waals surface area (Å²) < 4.78 is 11.3. The van der Waals surface area contributed by atoms with Crippen molar-refractivity contribution >= 4 is 23.3 Å². The van der Waals surface area contributed by atoms with Crippen molar-refractivity contribution in [2.75, 3.05) is 7.11 Å². The van der Waals surface area contributed by atoms with E-state index in [1.165, 1.54) is 0 Å². The second kappa shape index (κ2) is 9.46. The van der Waals surface area contributed by atoms with Gasteiger partial charge in [0.05, 0.1) is 30.4 Å². The van der Waals surface area contributed by atoms with E-state index in [4.69, 9.17) is 26.3 Å². The molecule has 0 radical (unpaired) electrons. The Morgan fingerprint density at radius 2 is 1.76 bits per heavy atom. The summed E-state index contributed by atoms with van der Waals surface area (Å²) in [6.07, 6.45) is 1.77. The Balaban J connectivity index is 1.83. The molecule has 3 rings (SSSR count). The molecule has 0 saturated carbocycles. The lowest BCUT2D eigenvalue weighted by molar-refractivity contribution is 0.284. The van der Waals surface area contributed by atoms with Crippen LogP contribution in [0.1, 0.15) is 22.3 Å². The third-order valence-corrected chi connectivity index (χ3v) is 4.65. The van der Waals surface area contributed by atoms with Crippen molar-refractivity contribution in [1.29, 1.82) is 10.5 Å². The smallest absolute Gasteiger partial charge is 0.161 e. The fraction of sp³-hybridized carbons (Fsp3) is 0.0833. The molecule has 0 aliphatic carbocycles. The second-order valence-corrected chi connectivity index (χ2v) is 6.56. The molecular formula is C24H17ClN2O2. The maximum absolute atomic E-state index is 9.53. The molecule has 0 fully saturated rings. The van der Waals surface area contributed by atoms with Crippen molar-refractivity contribution in [3.05, 3.63) is 94.0 Å². The standard InChI is InChI=1S/C24H17ClN2O2/c1-28-24-13-18(12-21(15-27)19-9-6-17(14-26)7-10-19)8-11-23(24)29-16-20-4-2-3-5-22(20)25/h2-13H,16H2,1H3/b21-12-. The van der Waals surface area contributed by atoms with Gasteiger partial charge in [0, 0.05) is 10.6 Å².